The van der Waals surface area contributed by atoms with Crippen molar-refractivity contribution in [2.24, 2.45) is 0 Å². The summed E-state index contributed by atoms with van der Waals surface area (Å²) in [7, 11) is 0. The molecule has 0 unspecified atom stereocenters. The van der Waals surface area contributed by atoms with Crippen molar-refractivity contribution in [1.29, 1.82) is 0 Å². The molecule has 4 aromatic rings. The van der Waals surface area contributed by atoms with Gasteiger partial charge in [-0.1, -0.05) is 67.4 Å². The third-order valence-corrected chi connectivity index (χ3v) is 5.88. The van der Waals surface area contributed by atoms with E-state index in [1.165, 1.54) is 4.57 Å². The molecule has 0 N–H and O–H groups in total. The number of nitrogens with zero attached hydrogens (tertiary/aromatic N) is 4. The Morgan fingerprint density at radius 1 is 1.03 bits per heavy atom. The lowest BCUT2D eigenvalue weighted by molar-refractivity contribution is 0.291. The summed E-state index contributed by atoms with van der Waals surface area (Å²) in [6, 6.07) is 15.7. The maximum Gasteiger partial charge on any atom is 0.280 e. The average molecular weight is 475 g/mol. The molecule has 0 saturated carbocycles. The van der Waals surface area contributed by atoms with Gasteiger partial charge in [-0.25, -0.2) is 9.97 Å². The number of aryl methyl sites for hydroxylation is 3. The van der Waals surface area contributed by atoms with E-state index >= 15 is 0 Å². The summed E-state index contributed by atoms with van der Waals surface area (Å²) in [5.41, 5.74) is 5.03. The highest BCUT2D eigenvalue weighted by Crippen LogP contribution is 2.26. The van der Waals surface area contributed by atoms with Gasteiger partial charge in [-0.15, -0.1) is 0 Å². The highest BCUT2D eigenvalue weighted by molar-refractivity contribution is 6.31. The van der Waals surface area contributed by atoms with Gasteiger partial charge in [0.25, 0.3) is 5.56 Å². The first kappa shape index (κ1) is 23.6. The minimum absolute atomic E-state index is 0.0489. The lowest BCUT2D eigenvalue weighted by atomic mass is 10.1. The molecule has 0 spiro atoms. The molecule has 0 radical (unpaired) electrons. The quantitative estimate of drug-likeness (QED) is 0.344. The van der Waals surface area contributed by atoms with E-state index in [1.807, 2.05) is 62.4 Å². The molecule has 7 heteroatoms. The molecule has 174 valence electrons. The highest BCUT2D eigenvalue weighted by Gasteiger charge is 2.18. The summed E-state index contributed by atoms with van der Waals surface area (Å²) in [4.78, 5) is 26.8. The smallest absolute Gasteiger partial charge is 0.280 e. The van der Waals surface area contributed by atoms with Crippen molar-refractivity contribution in [2.45, 2.75) is 47.1 Å². The molecule has 0 aliphatic rings. The fourth-order valence-electron chi connectivity index (χ4n) is 3.74. The molecule has 2 aromatic carbocycles. The highest BCUT2D eigenvalue weighted by atomic mass is 35.5. The number of aromatic nitrogens is 4. The van der Waals surface area contributed by atoms with Gasteiger partial charge in [0.05, 0.1) is 11.4 Å². The molecule has 2 heterocycles. The van der Waals surface area contributed by atoms with Crippen molar-refractivity contribution >= 4 is 11.6 Å². The molecule has 0 saturated heterocycles. The molecule has 4 rings (SSSR count). The molecule has 2 aromatic heterocycles. The van der Waals surface area contributed by atoms with Gasteiger partial charge in [0.1, 0.15) is 18.3 Å². The summed E-state index contributed by atoms with van der Waals surface area (Å²) in [5, 5.41) is -0.0489. The van der Waals surface area contributed by atoms with Gasteiger partial charge in [-0.05, 0) is 44.0 Å². The largest absolute Gasteiger partial charge is 0.472 e. The van der Waals surface area contributed by atoms with Crippen LogP contribution in [0.25, 0.3) is 16.9 Å². The van der Waals surface area contributed by atoms with Gasteiger partial charge in [0.15, 0.2) is 5.02 Å². The van der Waals surface area contributed by atoms with Crippen LogP contribution < -0.4 is 10.3 Å². The van der Waals surface area contributed by atoms with Gasteiger partial charge in [0, 0.05) is 17.7 Å². The monoisotopic (exact) mass is 474 g/mol. The van der Waals surface area contributed by atoms with Crippen LogP contribution in [0.2, 0.25) is 5.02 Å². The van der Waals surface area contributed by atoms with Crippen molar-refractivity contribution in [3.63, 3.8) is 0 Å². The van der Waals surface area contributed by atoms with E-state index in [0.717, 1.165) is 33.8 Å². The summed E-state index contributed by atoms with van der Waals surface area (Å²) < 4.78 is 7.33. The zero-order valence-electron chi connectivity index (χ0n) is 20.0. The second-order valence-corrected chi connectivity index (χ2v) is 9.03. The first-order valence-electron chi connectivity index (χ1n) is 11.2. The lowest BCUT2D eigenvalue weighted by Crippen LogP contribution is -2.24. The Bertz CT molecular complexity index is 1410. The molecule has 6 nitrogen and oxygen atoms in total. The van der Waals surface area contributed by atoms with Gasteiger partial charge in [0.2, 0.25) is 5.88 Å². The molecule has 0 aliphatic heterocycles. The third kappa shape index (κ3) is 4.87. The Balaban J connectivity index is 1.72. The van der Waals surface area contributed by atoms with Crippen molar-refractivity contribution < 1.29 is 4.74 Å². The Hall–Kier alpha value is -3.51. The number of hydrogen-bond donors (Lipinski definition) is 0. The summed E-state index contributed by atoms with van der Waals surface area (Å²) in [6.07, 6.45) is 1.76. The zero-order chi connectivity index (χ0) is 24.4. The van der Waals surface area contributed by atoms with E-state index in [0.29, 0.717) is 11.5 Å². The molecular weight excluding hydrogens is 448 g/mol. The van der Waals surface area contributed by atoms with E-state index in [1.54, 1.807) is 13.1 Å². The van der Waals surface area contributed by atoms with Crippen molar-refractivity contribution in [3.05, 3.63) is 98.4 Å². The molecule has 0 aliphatic carbocycles. The topological polar surface area (TPSA) is 69.9 Å². The van der Waals surface area contributed by atoms with Crippen LogP contribution in [0.3, 0.4) is 0 Å². The van der Waals surface area contributed by atoms with Crippen LogP contribution in [0.5, 0.6) is 5.88 Å². The fraction of sp³-hybridized carbons (Fsp3) is 0.259. The van der Waals surface area contributed by atoms with Crippen LogP contribution in [0, 0.1) is 20.8 Å². The maximum atomic E-state index is 13.3. The van der Waals surface area contributed by atoms with Crippen LogP contribution in [0.4, 0.5) is 0 Å². The molecule has 34 heavy (non-hydrogen) atoms. The van der Waals surface area contributed by atoms with Crippen LogP contribution in [-0.2, 0) is 6.61 Å². The number of ether oxygens (including phenoxy) is 1. The molecule has 0 fully saturated rings. The van der Waals surface area contributed by atoms with Crippen molar-refractivity contribution in [3.8, 4) is 22.8 Å². The first-order valence-corrected chi connectivity index (χ1v) is 11.5. The van der Waals surface area contributed by atoms with Gasteiger partial charge in [-0.3, -0.25) is 9.36 Å². The van der Waals surface area contributed by atoms with Gasteiger partial charge >= 0.3 is 0 Å². The van der Waals surface area contributed by atoms with Gasteiger partial charge in [-0.2, -0.15) is 4.98 Å². The first-order chi connectivity index (χ1) is 16.2. The van der Waals surface area contributed by atoms with E-state index in [-0.39, 0.29) is 29.0 Å². The minimum atomic E-state index is -0.376. The Morgan fingerprint density at radius 3 is 2.56 bits per heavy atom. The normalized spacial score (nSPS) is 11.1. The van der Waals surface area contributed by atoms with E-state index in [2.05, 4.69) is 28.8 Å². The molecule has 0 bridgehead atoms. The van der Waals surface area contributed by atoms with Crippen LogP contribution in [0.1, 0.15) is 48.1 Å². The lowest BCUT2D eigenvalue weighted by Gasteiger charge is -2.16. The second-order valence-electron chi connectivity index (χ2n) is 8.65. The fourth-order valence-corrected chi connectivity index (χ4v) is 3.92. The molecule has 0 amide bonds. The Kier molecular flexibility index (Phi) is 6.80. The third-order valence-electron chi connectivity index (χ3n) is 5.56. The number of rotatable bonds is 6. The van der Waals surface area contributed by atoms with Crippen LogP contribution in [-0.4, -0.2) is 19.5 Å². The van der Waals surface area contributed by atoms with Crippen LogP contribution >= 0.6 is 11.6 Å². The number of hydrogen-bond acceptors (Lipinski definition) is 5. The van der Waals surface area contributed by atoms with E-state index in [9.17, 15) is 4.79 Å². The van der Waals surface area contributed by atoms with Crippen molar-refractivity contribution in [1.82, 2.24) is 19.5 Å². The van der Waals surface area contributed by atoms with E-state index in [4.69, 9.17) is 16.3 Å². The SMILES string of the molecule is Cc1cccc(COc2nc(C)n(-c3cc(-c4ccnc(C(C)C)n4)ccc3C)c(=O)c2Cl)c1. The predicted molar refractivity (Wildman–Crippen MR) is 135 cm³/mol. The zero-order valence-corrected chi connectivity index (χ0v) is 20.7. The number of halogens is 1. The summed E-state index contributed by atoms with van der Waals surface area (Å²) in [6.45, 7) is 10.1. The minimum Gasteiger partial charge on any atom is -0.472 e. The standard InChI is InChI=1S/C27H27ClN4O2/c1-16(2)25-29-12-11-22(31-25)21-10-9-18(4)23(14-21)32-19(5)30-26(24(28)27(32)33)34-15-20-8-6-7-17(3)13-20/h6-14,16H,15H2,1-5H3. The average Bonchev–Trinajstić information content (AvgIpc) is 2.82. The second kappa shape index (κ2) is 9.77. The van der Waals surface area contributed by atoms with Crippen molar-refractivity contribution in [2.75, 3.05) is 0 Å². The summed E-state index contributed by atoms with van der Waals surface area (Å²) >= 11 is 6.44. The Morgan fingerprint density at radius 2 is 1.82 bits per heavy atom. The van der Waals surface area contributed by atoms with Crippen LogP contribution in [0.15, 0.2) is 59.5 Å². The van der Waals surface area contributed by atoms with E-state index < -0.39 is 0 Å². The predicted octanol–water partition coefficient (Wildman–Crippen LogP) is 5.97. The Labute approximate surface area is 204 Å². The number of benzene rings is 2. The summed E-state index contributed by atoms with van der Waals surface area (Å²) in [5.74, 6) is 1.60. The molecule has 0 atom stereocenters. The van der Waals surface area contributed by atoms with Gasteiger partial charge < -0.3 is 4.74 Å². The maximum absolute atomic E-state index is 13.3. The molecular formula is C27H27ClN4O2.